The molecule has 0 radical (unpaired) electrons. The van der Waals surface area contributed by atoms with E-state index in [9.17, 15) is 0 Å². The summed E-state index contributed by atoms with van der Waals surface area (Å²) in [6.45, 7) is 4.51. The van der Waals surface area contributed by atoms with Crippen molar-refractivity contribution in [3.8, 4) is 0 Å². The molecule has 2 heteroatoms. The molecule has 0 aliphatic rings. The molecule has 0 N–H and O–H groups in total. The minimum atomic E-state index is -0.272. The van der Waals surface area contributed by atoms with Gasteiger partial charge in [-0.2, -0.15) is 0 Å². The van der Waals surface area contributed by atoms with Gasteiger partial charge in [0.25, 0.3) is 0 Å². The molecule has 0 saturated heterocycles. The van der Waals surface area contributed by atoms with Gasteiger partial charge in [-0.05, 0) is 0 Å². The third kappa shape index (κ3) is 5.45. The van der Waals surface area contributed by atoms with E-state index in [1.165, 1.54) is 8.51 Å². The van der Waals surface area contributed by atoms with Crippen LogP contribution in [0.15, 0.2) is 74.6 Å². The van der Waals surface area contributed by atoms with Crippen LogP contribution in [0.4, 0.5) is 0 Å². The second kappa shape index (κ2) is 7.80. The zero-order valence-corrected chi connectivity index (χ0v) is 14.4. The molecule has 0 atom stereocenters. The predicted molar refractivity (Wildman–Crippen MR) is 87.1 cm³/mol. The van der Waals surface area contributed by atoms with Crippen molar-refractivity contribution in [3.63, 3.8) is 0 Å². The number of thioether (sulfide) groups is 1. The van der Waals surface area contributed by atoms with Gasteiger partial charge in [0.15, 0.2) is 0 Å². The molecule has 2 rings (SSSR count). The van der Waals surface area contributed by atoms with E-state index in [4.69, 9.17) is 0 Å². The van der Waals surface area contributed by atoms with Crippen molar-refractivity contribution in [2.45, 2.75) is 18.7 Å². The second-order valence-corrected chi connectivity index (χ2v) is 9.67. The van der Waals surface area contributed by atoms with Crippen LogP contribution in [0, 0.1) is 5.92 Å². The van der Waals surface area contributed by atoms with Crippen LogP contribution in [0.3, 0.4) is 0 Å². The molecule has 0 amide bonds. The number of rotatable bonds is 5. The fraction of sp³-hybridized carbons (Fsp3) is 0.176. The summed E-state index contributed by atoms with van der Waals surface area (Å²) in [6, 6.07) is 21.5. The van der Waals surface area contributed by atoms with Crippen LogP contribution in [0.1, 0.15) is 13.8 Å². The molecule has 0 heterocycles. The van der Waals surface area contributed by atoms with Gasteiger partial charge in [-0.1, -0.05) is 0 Å². The number of benzene rings is 2. The molecule has 0 aliphatic heterocycles. The van der Waals surface area contributed by atoms with Crippen molar-refractivity contribution in [2.75, 3.05) is 0 Å². The fourth-order valence-electron chi connectivity index (χ4n) is 1.57. The zero-order chi connectivity index (χ0) is 13.5. The third-order valence-corrected chi connectivity index (χ3v) is 6.92. The van der Waals surface area contributed by atoms with Gasteiger partial charge in [0.05, 0.1) is 0 Å². The standard InChI is InChI=1S/C17H18STe/c1-14(2)13-17(18-15-9-5-3-6-10-15)19-16-11-7-4-8-12-16/h3-14H,1-2H3/b17-13-. The van der Waals surface area contributed by atoms with Crippen molar-refractivity contribution in [2.24, 2.45) is 5.92 Å². The van der Waals surface area contributed by atoms with E-state index in [0.717, 1.165) is 0 Å². The Morgan fingerprint density at radius 3 is 2.11 bits per heavy atom. The van der Waals surface area contributed by atoms with Crippen LogP contribution in [-0.2, 0) is 0 Å². The van der Waals surface area contributed by atoms with Crippen LogP contribution >= 0.6 is 11.8 Å². The zero-order valence-electron chi connectivity index (χ0n) is 11.2. The number of hydrogen-bond donors (Lipinski definition) is 0. The molecule has 0 spiro atoms. The van der Waals surface area contributed by atoms with Crippen molar-refractivity contribution in [1.29, 1.82) is 0 Å². The van der Waals surface area contributed by atoms with E-state index < -0.39 is 0 Å². The Labute approximate surface area is 130 Å². The molecule has 2 aromatic carbocycles. The maximum atomic E-state index is 2.42. The Bertz CT molecular complexity index is 474. The summed E-state index contributed by atoms with van der Waals surface area (Å²) in [5.41, 5.74) is 0. The van der Waals surface area contributed by atoms with Gasteiger partial charge in [0.2, 0.25) is 0 Å². The number of hydrogen-bond acceptors (Lipinski definition) is 1. The van der Waals surface area contributed by atoms with E-state index in [1.54, 1.807) is 2.95 Å². The molecule has 0 aliphatic carbocycles. The molecular formula is C17H18STe. The molecule has 2 aromatic rings. The first-order valence-electron chi connectivity index (χ1n) is 6.41. The first-order valence-corrected chi connectivity index (χ1v) is 9.56. The fourth-order valence-corrected chi connectivity index (χ4v) is 6.77. The van der Waals surface area contributed by atoms with Crippen LogP contribution in [0.2, 0.25) is 0 Å². The van der Waals surface area contributed by atoms with Crippen LogP contribution < -0.4 is 3.61 Å². The van der Waals surface area contributed by atoms with E-state index >= 15 is 0 Å². The Balaban J connectivity index is 2.13. The predicted octanol–water partition coefficient (Wildman–Crippen LogP) is 4.31. The van der Waals surface area contributed by atoms with E-state index in [2.05, 4.69) is 80.6 Å². The van der Waals surface area contributed by atoms with Gasteiger partial charge in [-0.15, -0.1) is 0 Å². The molecular weight excluding hydrogens is 364 g/mol. The van der Waals surface area contributed by atoms with Gasteiger partial charge >= 0.3 is 131 Å². The van der Waals surface area contributed by atoms with E-state index in [1.807, 2.05) is 11.8 Å². The van der Waals surface area contributed by atoms with Gasteiger partial charge in [0, 0.05) is 0 Å². The summed E-state index contributed by atoms with van der Waals surface area (Å²) < 4.78 is 3.06. The molecule has 98 valence electrons. The first-order chi connectivity index (χ1) is 9.24. The van der Waals surface area contributed by atoms with E-state index in [0.29, 0.717) is 5.92 Å². The monoisotopic (exact) mass is 384 g/mol. The summed E-state index contributed by atoms with van der Waals surface area (Å²) in [4.78, 5) is 1.34. The van der Waals surface area contributed by atoms with Gasteiger partial charge < -0.3 is 0 Å². The summed E-state index contributed by atoms with van der Waals surface area (Å²) in [6.07, 6.45) is 2.42. The van der Waals surface area contributed by atoms with Crippen molar-refractivity contribution in [1.82, 2.24) is 0 Å². The summed E-state index contributed by atoms with van der Waals surface area (Å²) in [5, 5.41) is 0. The van der Waals surface area contributed by atoms with Gasteiger partial charge in [0.1, 0.15) is 0 Å². The molecule has 0 aromatic heterocycles. The number of allylic oxidation sites excluding steroid dienone is 1. The Kier molecular flexibility index (Phi) is 6.04. The normalized spacial score (nSPS) is 11.8. The quantitative estimate of drug-likeness (QED) is 0.549. The Morgan fingerprint density at radius 2 is 1.53 bits per heavy atom. The van der Waals surface area contributed by atoms with Crippen LogP contribution in [0.25, 0.3) is 0 Å². The second-order valence-electron chi connectivity index (χ2n) is 4.56. The Morgan fingerprint density at radius 1 is 0.947 bits per heavy atom. The summed E-state index contributed by atoms with van der Waals surface area (Å²) in [7, 11) is 0. The molecule has 19 heavy (non-hydrogen) atoms. The van der Waals surface area contributed by atoms with Crippen molar-refractivity contribution >= 4 is 36.3 Å². The summed E-state index contributed by atoms with van der Waals surface area (Å²) in [5.74, 6) is 0.611. The maximum absolute atomic E-state index is 2.42. The first kappa shape index (κ1) is 14.7. The minimum absolute atomic E-state index is 0.272. The molecule has 0 fully saturated rings. The third-order valence-electron chi connectivity index (χ3n) is 2.39. The SMILES string of the molecule is CC(C)/C=C(/Sc1ccccc1)[Te]c1ccccc1. The average molecular weight is 382 g/mol. The topological polar surface area (TPSA) is 0 Å². The average Bonchev–Trinajstić information content (AvgIpc) is 2.40. The molecule has 0 unspecified atom stereocenters. The van der Waals surface area contributed by atoms with Crippen molar-refractivity contribution < 1.29 is 0 Å². The van der Waals surface area contributed by atoms with Crippen molar-refractivity contribution in [3.05, 3.63) is 69.7 Å². The van der Waals surface area contributed by atoms with Crippen LogP contribution in [-0.4, -0.2) is 20.9 Å². The Hall–Kier alpha value is -0.680. The molecule has 0 nitrogen and oxygen atoms in total. The summed E-state index contributed by atoms with van der Waals surface area (Å²) >= 11 is 1.66. The molecule has 0 bridgehead atoms. The van der Waals surface area contributed by atoms with Crippen LogP contribution in [0.5, 0.6) is 0 Å². The van der Waals surface area contributed by atoms with Gasteiger partial charge in [-0.25, -0.2) is 0 Å². The van der Waals surface area contributed by atoms with Gasteiger partial charge in [-0.3, -0.25) is 0 Å². The molecule has 0 saturated carbocycles. The van der Waals surface area contributed by atoms with E-state index in [-0.39, 0.29) is 20.9 Å².